The lowest BCUT2D eigenvalue weighted by Gasteiger charge is -2.33. The molecule has 2 atom stereocenters. The van der Waals surface area contributed by atoms with Crippen LogP contribution in [0.25, 0.3) is 11.0 Å². The normalized spacial score (nSPS) is 18.8. The largest absolute Gasteiger partial charge is 0.464 e. The van der Waals surface area contributed by atoms with E-state index in [-0.39, 0.29) is 35.9 Å². The van der Waals surface area contributed by atoms with Crippen LogP contribution in [-0.2, 0) is 30.6 Å². The Kier molecular flexibility index (Phi) is 7.32. The van der Waals surface area contributed by atoms with Crippen molar-refractivity contribution >= 4 is 32.7 Å². The number of carbonyl (C=O) groups excluding carboxylic acids is 2. The van der Waals surface area contributed by atoms with Crippen LogP contribution in [0.4, 0.5) is 0 Å². The molecule has 1 aliphatic heterocycles. The number of carbonyl (C=O) groups is 2. The Labute approximate surface area is 190 Å². The lowest BCUT2D eigenvalue weighted by molar-refractivity contribution is -0.153. The summed E-state index contributed by atoms with van der Waals surface area (Å²) in [6.45, 7) is 9.70. The minimum Gasteiger partial charge on any atom is -0.464 e. The van der Waals surface area contributed by atoms with E-state index in [1.165, 1.54) is 5.56 Å². The summed E-state index contributed by atoms with van der Waals surface area (Å²) in [5.41, 5.74) is 3.77. The number of ether oxygens (including phenoxy) is 1. The van der Waals surface area contributed by atoms with Crippen LogP contribution in [0.3, 0.4) is 0 Å². The quantitative estimate of drug-likeness (QED) is 0.553. The van der Waals surface area contributed by atoms with Crippen LogP contribution in [0.2, 0.25) is 0 Å². The summed E-state index contributed by atoms with van der Waals surface area (Å²) < 4.78 is 34.7. The average molecular weight is 464 g/mol. The standard InChI is InChI=1S/C24H33NO6S/c1-6-17(5)25(19-7-8-32(28,29)14-19)23(26)13-31-24(27)10-18-12-30-22-9-16(4)20(15(2)3)11-21(18)22/h9,11-12,15,17,19H,6-8,10,13-14H2,1-5H3/t17-,19-/m0/s1. The van der Waals surface area contributed by atoms with Crippen molar-refractivity contribution in [2.45, 2.75) is 71.9 Å². The first-order valence-electron chi connectivity index (χ1n) is 11.2. The second-order valence-electron chi connectivity index (χ2n) is 9.07. The van der Waals surface area contributed by atoms with Crippen LogP contribution in [0, 0.1) is 6.92 Å². The summed E-state index contributed by atoms with van der Waals surface area (Å²) in [6, 6.07) is 3.53. The molecule has 7 nitrogen and oxygen atoms in total. The SMILES string of the molecule is CC[C@H](C)N(C(=O)COC(=O)Cc1coc2cc(C)c(C(C)C)cc12)[C@H]1CCS(=O)(=O)C1. The van der Waals surface area contributed by atoms with E-state index in [0.717, 1.165) is 22.1 Å². The Hall–Kier alpha value is -2.35. The predicted molar refractivity (Wildman–Crippen MR) is 123 cm³/mol. The third kappa shape index (κ3) is 5.34. The molecular formula is C24H33NO6S. The zero-order valence-corrected chi connectivity index (χ0v) is 20.3. The zero-order chi connectivity index (χ0) is 23.6. The van der Waals surface area contributed by atoms with E-state index in [2.05, 4.69) is 19.9 Å². The summed E-state index contributed by atoms with van der Waals surface area (Å²) >= 11 is 0. The van der Waals surface area contributed by atoms with Gasteiger partial charge in [0, 0.05) is 23.0 Å². The number of benzene rings is 1. The predicted octanol–water partition coefficient (Wildman–Crippen LogP) is 3.76. The Morgan fingerprint density at radius 2 is 1.97 bits per heavy atom. The molecule has 1 aromatic carbocycles. The molecule has 2 aromatic rings. The molecule has 0 saturated carbocycles. The third-order valence-corrected chi connectivity index (χ3v) is 8.06. The minimum atomic E-state index is -3.13. The molecule has 0 unspecified atom stereocenters. The number of hydrogen-bond acceptors (Lipinski definition) is 6. The molecule has 1 amide bonds. The molecular weight excluding hydrogens is 430 g/mol. The number of rotatable bonds is 8. The van der Waals surface area contributed by atoms with Crippen molar-refractivity contribution in [3.05, 3.63) is 35.1 Å². The Morgan fingerprint density at radius 3 is 2.56 bits per heavy atom. The van der Waals surface area contributed by atoms with Gasteiger partial charge in [0.2, 0.25) is 0 Å². The maximum Gasteiger partial charge on any atom is 0.310 e. The summed E-state index contributed by atoms with van der Waals surface area (Å²) in [5, 5.41) is 0.875. The van der Waals surface area contributed by atoms with Crippen molar-refractivity contribution in [1.29, 1.82) is 0 Å². The van der Waals surface area contributed by atoms with Gasteiger partial charge in [0.05, 0.1) is 24.2 Å². The maximum absolute atomic E-state index is 12.9. The van der Waals surface area contributed by atoms with Crippen molar-refractivity contribution in [3.63, 3.8) is 0 Å². The van der Waals surface area contributed by atoms with Crippen molar-refractivity contribution in [2.24, 2.45) is 0 Å². The number of esters is 1. The fourth-order valence-electron chi connectivity index (χ4n) is 4.43. The van der Waals surface area contributed by atoms with Gasteiger partial charge >= 0.3 is 5.97 Å². The average Bonchev–Trinajstić information content (AvgIpc) is 3.27. The molecule has 8 heteroatoms. The van der Waals surface area contributed by atoms with Crippen LogP contribution in [-0.4, -0.2) is 55.4 Å². The molecule has 0 spiro atoms. The fourth-order valence-corrected chi connectivity index (χ4v) is 6.14. The summed E-state index contributed by atoms with van der Waals surface area (Å²) in [6.07, 6.45) is 2.67. The van der Waals surface area contributed by atoms with E-state index in [9.17, 15) is 18.0 Å². The van der Waals surface area contributed by atoms with E-state index >= 15 is 0 Å². The molecule has 1 saturated heterocycles. The van der Waals surface area contributed by atoms with Gasteiger partial charge in [-0.25, -0.2) is 8.42 Å². The molecule has 176 valence electrons. The van der Waals surface area contributed by atoms with Gasteiger partial charge in [-0.3, -0.25) is 9.59 Å². The van der Waals surface area contributed by atoms with Crippen LogP contribution >= 0.6 is 0 Å². The van der Waals surface area contributed by atoms with E-state index in [1.807, 2.05) is 26.8 Å². The first-order chi connectivity index (χ1) is 15.0. The second kappa shape index (κ2) is 9.65. The van der Waals surface area contributed by atoms with Crippen molar-refractivity contribution < 1.29 is 27.2 Å². The molecule has 0 radical (unpaired) electrons. The van der Waals surface area contributed by atoms with E-state index in [4.69, 9.17) is 9.15 Å². The highest BCUT2D eigenvalue weighted by molar-refractivity contribution is 7.91. The lowest BCUT2D eigenvalue weighted by Crippen LogP contribution is -2.48. The molecule has 1 aliphatic rings. The molecule has 3 rings (SSSR count). The third-order valence-electron chi connectivity index (χ3n) is 6.31. The van der Waals surface area contributed by atoms with Crippen LogP contribution in [0.5, 0.6) is 0 Å². The molecule has 1 fully saturated rings. The van der Waals surface area contributed by atoms with Gasteiger partial charge in [0.1, 0.15) is 5.58 Å². The van der Waals surface area contributed by atoms with Gasteiger partial charge in [-0.1, -0.05) is 20.8 Å². The number of nitrogens with zero attached hydrogens (tertiary/aromatic N) is 1. The second-order valence-corrected chi connectivity index (χ2v) is 11.3. The van der Waals surface area contributed by atoms with Crippen LogP contribution in [0.15, 0.2) is 22.8 Å². The monoisotopic (exact) mass is 463 g/mol. The highest BCUT2D eigenvalue weighted by atomic mass is 32.2. The first kappa shape index (κ1) is 24.3. The van der Waals surface area contributed by atoms with Gasteiger partial charge in [-0.15, -0.1) is 0 Å². The Morgan fingerprint density at radius 1 is 1.25 bits per heavy atom. The smallest absolute Gasteiger partial charge is 0.310 e. The molecule has 32 heavy (non-hydrogen) atoms. The van der Waals surface area contributed by atoms with E-state index < -0.39 is 22.4 Å². The highest BCUT2D eigenvalue weighted by Crippen LogP contribution is 2.29. The molecule has 0 bridgehead atoms. The number of amides is 1. The highest BCUT2D eigenvalue weighted by Gasteiger charge is 2.36. The topological polar surface area (TPSA) is 93.9 Å². The number of aryl methyl sites for hydroxylation is 1. The van der Waals surface area contributed by atoms with Crippen molar-refractivity contribution in [3.8, 4) is 0 Å². The van der Waals surface area contributed by atoms with Crippen LogP contribution in [0.1, 0.15) is 63.1 Å². The molecule has 1 aromatic heterocycles. The maximum atomic E-state index is 12.9. The zero-order valence-electron chi connectivity index (χ0n) is 19.5. The van der Waals surface area contributed by atoms with E-state index in [1.54, 1.807) is 11.2 Å². The minimum absolute atomic E-state index is 0.00200. The summed E-state index contributed by atoms with van der Waals surface area (Å²) in [5.74, 6) is -0.475. The van der Waals surface area contributed by atoms with Crippen LogP contribution < -0.4 is 0 Å². The number of fused-ring (bicyclic) bond motifs is 1. The van der Waals surface area contributed by atoms with Crippen molar-refractivity contribution in [1.82, 2.24) is 4.90 Å². The Balaban J connectivity index is 1.67. The number of sulfone groups is 1. The number of furan rings is 1. The Bertz CT molecular complexity index is 1100. The fraction of sp³-hybridized carbons (Fsp3) is 0.583. The number of hydrogen-bond donors (Lipinski definition) is 0. The molecule has 2 heterocycles. The van der Waals surface area contributed by atoms with Gasteiger partial charge in [-0.2, -0.15) is 0 Å². The summed E-state index contributed by atoms with van der Waals surface area (Å²) in [4.78, 5) is 26.9. The molecule has 0 aliphatic carbocycles. The van der Waals surface area contributed by atoms with Gasteiger partial charge < -0.3 is 14.1 Å². The van der Waals surface area contributed by atoms with Crippen molar-refractivity contribution in [2.75, 3.05) is 18.1 Å². The van der Waals surface area contributed by atoms with Gasteiger partial charge in [0.25, 0.3) is 5.91 Å². The van der Waals surface area contributed by atoms with Gasteiger partial charge in [-0.05, 0) is 55.9 Å². The molecule has 0 N–H and O–H groups in total. The van der Waals surface area contributed by atoms with Gasteiger partial charge in [0.15, 0.2) is 16.4 Å². The lowest BCUT2D eigenvalue weighted by atomic mass is 9.95. The van der Waals surface area contributed by atoms with E-state index in [0.29, 0.717) is 18.8 Å². The first-order valence-corrected chi connectivity index (χ1v) is 13.0. The summed E-state index contributed by atoms with van der Waals surface area (Å²) in [7, 11) is -3.13.